The molecule has 1 atom stereocenters. The third-order valence-corrected chi connectivity index (χ3v) is 3.02. The lowest BCUT2D eigenvalue weighted by Crippen LogP contribution is -2.34. The summed E-state index contributed by atoms with van der Waals surface area (Å²) in [6, 6.07) is 4.02. The van der Waals surface area contributed by atoms with Gasteiger partial charge in [0.15, 0.2) is 0 Å². The van der Waals surface area contributed by atoms with Gasteiger partial charge in [-0.05, 0) is 31.0 Å². The molecule has 0 aromatic heterocycles. The molecule has 0 radical (unpaired) electrons. The Bertz CT molecular complexity index is 521. The molecule has 1 aromatic rings. The van der Waals surface area contributed by atoms with Crippen LogP contribution in [0.15, 0.2) is 12.1 Å². The van der Waals surface area contributed by atoms with E-state index in [1.165, 1.54) is 17.0 Å². The van der Waals surface area contributed by atoms with Crippen LogP contribution in [-0.2, 0) is 4.79 Å². The molecule has 1 aliphatic heterocycles. The monoisotopic (exact) mass is 233 g/mol. The van der Waals surface area contributed by atoms with Crippen molar-refractivity contribution >= 4 is 11.6 Å². The van der Waals surface area contributed by atoms with Crippen LogP contribution in [-0.4, -0.2) is 18.5 Å². The summed E-state index contributed by atoms with van der Waals surface area (Å²) in [5.41, 5.74) is 6.63. The Hall–Kier alpha value is -1.93. The lowest BCUT2D eigenvalue weighted by molar-refractivity contribution is -0.118. The number of halogens is 1. The van der Waals surface area contributed by atoms with Crippen LogP contribution in [0.4, 0.5) is 10.1 Å². The molecule has 88 valence electrons. The van der Waals surface area contributed by atoms with E-state index in [9.17, 15) is 9.18 Å². The fourth-order valence-electron chi connectivity index (χ4n) is 2.04. The second-order valence-electron chi connectivity index (χ2n) is 4.07. The molecule has 1 aliphatic rings. The standard InChI is InChI=1S/C12H12FN3O/c1-7-8(6-14)2-3-9(13)11(7)16-5-4-10(15)12(16)17/h2-3,10H,4-5,15H2,1H3/t10-/m0/s1. The number of rotatable bonds is 1. The van der Waals surface area contributed by atoms with Crippen molar-refractivity contribution in [2.75, 3.05) is 11.4 Å². The van der Waals surface area contributed by atoms with Crippen molar-refractivity contribution in [2.45, 2.75) is 19.4 Å². The van der Waals surface area contributed by atoms with Crippen LogP contribution in [0.2, 0.25) is 0 Å². The topological polar surface area (TPSA) is 70.1 Å². The minimum absolute atomic E-state index is 0.182. The zero-order chi connectivity index (χ0) is 12.6. The minimum atomic E-state index is -0.570. The highest BCUT2D eigenvalue weighted by Crippen LogP contribution is 2.29. The largest absolute Gasteiger partial charge is 0.320 e. The maximum Gasteiger partial charge on any atom is 0.244 e. The molecule has 1 saturated heterocycles. The summed E-state index contributed by atoms with van der Waals surface area (Å²) in [4.78, 5) is 13.1. The van der Waals surface area contributed by atoms with Gasteiger partial charge in [0.1, 0.15) is 5.82 Å². The summed E-state index contributed by atoms with van der Waals surface area (Å²) >= 11 is 0. The number of anilines is 1. The van der Waals surface area contributed by atoms with E-state index in [0.29, 0.717) is 24.1 Å². The normalized spacial score (nSPS) is 19.5. The van der Waals surface area contributed by atoms with Crippen molar-refractivity contribution in [3.05, 3.63) is 29.1 Å². The van der Waals surface area contributed by atoms with Crippen LogP contribution >= 0.6 is 0 Å². The molecule has 1 aromatic carbocycles. The van der Waals surface area contributed by atoms with Crippen LogP contribution in [0, 0.1) is 24.1 Å². The first-order chi connectivity index (χ1) is 8.06. The SMILES string of the molecule is Cc1c(C#N)ccc(F)c1N1CC[C@H](N)C1=O. The molecule has 17 heavy (non-hydrogen) atoms. The molecule has 5 heteroatoms. The van der Waals surface area contributed by atoms with Gasteiger partial charge >= 0.3 is 0 Å². The summed E-state index contributed by atoms with van der Waals surface area (Å²) in [5.74, 6) is -0.786. The minimum Gasteiger partial charge on any atom is -0.320 e. The Morgan fingerprint density at radius 1 is 1.59 bits per heavy atom. The third-order valence-electron chi connectivity index (χ3n) is 3.02. The van der Waals surface area contributed by atoms with Gasteiger partial charge in [-0.15, -0.1) is 0 Å². The highest BCUT2D eigenvalue weighted by Gasteiger charge is 2.32. The summed E-state index contributed by atoms with van der Waals surface area (Å²) in [6.07, 6.45) is 0.508. The van der Waals surface area contributed by atoms with Crippen LogP contribution in [0.25, 0.3) is 0 Å². The number of carbonyl (C=O) groups is 1. The molecule has 0 saturated carbocycles. The van der Waals surface area contributed by atoms with Crippen molar-refractivity contribution in [2.24, 2.45) is 5.73 Å². The highest BCUT2D eigenvalue weighted by molar-refractivity contribution is 6.00. The van der Waals surface area contributed by atoms with E-state index in [-0.39, 0.29) is 11.6 Å². The summed E-state index contributed by atoms with van der Waals surface area (Å²) < 4.78 is 13.8. The zero-order valence-corrected chi connectivity index (χ0v) is 9.40. The van der Waals surface area contributed by atoms with Crippen molar-refractivity contribution < 1.29 is 9.18 Å². The molecule has 1 heterocycles. The molecule has 0 aliphatic carbocycles. The number of nitriles is 1. The maximum atomic E-state index is 13.8. The first-order valence-electron chi connectivity index (χ1n) is 5.32. The first kappa shape index (κ1) is 11.6. The second kappa shape index (κ2) is 4.15. The van der Waals surface area contributed by atoms with E-state index in [1.54, 1.807) is 6.92 Å². The highest BCUT2D eigenvalue weighted by atomic mass is 19.1. The van der Waals surface area contributed by atoms with Crippen molar-refractivity contribution in [1.29, 1.82) is 5.26 Å². The first-order valence-corrected chi connectivity index (χ1v) is 5.32. The molecule has 0 spiro atoms. The molecule has 4 nitrogen and oxygen atoms in total. The van der Waals surface area contributed by atoms with Gasteiger partial charge in [0.25, 0.3) is 0 Å². The Labute approximate surface area is 98.4 Å². The van der Waals surface area contributed by atoms with E-state index in [0.717, 1.165) is 0 Å². The van der Waals surface area contributed by atoms with Crippen molar-refractivity contribution in [3.63, 3.8) is 0 Å². The predicted molar refractivity (Wildman–Crippen MR) is 60.8 cm³/mol. The van der Waals surface area contributed by atoms with E-state index in [4.69, 9.17) is 11.0 Å². The Kier molecular flexibility index (Phi) is 2.82. The quantitative estimate of drug-likeness (QED) is 0.788. The molecule has 0 unspecified atom stereocenters. The van der Waals surface area contributed by atoms with Crippen LogP contribution in [0.3, 0.4) is 0 Å². The Morgan fingerprint density at radius 2 is 2.29 bits per heavy atom. The van der Waals surface area contributed by atoms with E-state index >= 15 is 0 Å². The number of hydrogen-bond acceptors (Lipinski definition) is 3. The van der Waals surface area contributed by atoms with E-state index in [1.807, 2.05) is 6.07 Å². The number of carbonyl (C=O) groups excluding carboxylic acids is 1. The van der Waals surface area contributed by atoms with E-state index < -0.39 is 11.9 Å². The fourth-order valence-corrected chi connectivity index (χ4v) is 2.04. The van der Waals surface area contributed by atoms with Gasteiger partial charge in [-0.3, -0.25) is 4.79 Å². The van der Waals surface area contributed by atoms with Gasteiger partial charge in [0.2, 0.25) is 5.91 Å². The number of benzene rings is 1. The summed E-state index contributed by atoms with van der Waals surface area (Å²) in [5, 5.41) is 8.89. The molecule has 0 bridgehead atoms. The predicted octanol–water partition coefficient (Wildman–Crippen LogP) is 1.07. The number of amides is 1. The Morgan fingerprint density at radius 3 is 2.82 bits per heavy atom. The average Bonchev–Trinajstić information content (AvgIpc) is 2.62. The van der Waals surface area contributed by atoms with Crippen molar-refractivity contribution in [1.82, 2.24) is 0 Å². The summed E-state index contributed by atoms with van der Waals surface area (Å²) in [7, 11) is 0. The molecule has 2 N–H and O–H groups in total. The second-order valence-corrected chi connectivity index (χ2v) is 4.07. The van der Waals surface area contributed by atoms with Crippen LogP contribution in [0.1, 0.15) is 17.5 Å². The summed E-state index contributed by atoms with van der Waals surface area (Å²) in [6.45, 7) is 2.03. The van der Waals surface area contributed by atoms with Crippen LogP contribution in [0.5, 0.6) is 0 Å². The van der Waals surface area contributed by atoms with E-state index in [2.05, 4.69) is 0 Å². The molecule has 1 fully saturated rings. The van der Waals surface area contributed by atoms with Gasteiger partial charge in [-0.2, -0.15) is 5.26 Å². The lowest BCUT2D eigenvalue weighted by atomic mass is 10.1. The zero-order valence-electron chi connectivity index (χ0n) is 9.40. The number of hydrogen-bond donors (Lipinski definition) is 1. The molecule has 1 amide bonds. The maximum absolute atomic E-state index is 13.8. The molecular weight excluding hydrogens is 221 g/mol. The molecule has 2 rings (SSSR count). The van der Waals surface area contributed by atoms with Crippen LogP contribution < -0.4 is 10.6 Å². The number of nitrogens with zero attached hydrogens (tertiary/aromatic N) is 2. The average molecular weight is 233 g/mol. The van der Waals surface area contributed by atoms with Gasteiger partial charge in [-0.25, -0.2) is 4.39 Å². The number of nitrogens with two attached hydrogens (primary N) is 1. The molecular formula is C12H12FN3O. The van der Waals surface area contributed by atoms with Gasteiger partial charge in [0, 0.05) is 6.54 Å². The third kappa shape index (κ3) is 1.77. The fraction of sp³-hybridized carbons (Fsp3) is 0.333. The lowest BCUT2D eigenvalue weighted by Gasteiger charge is -2.20. The van der Waals surface area contributed by atoms with Gasteiger partial charge in [-0.1, -0.05) is 0 Å². The van der Waals surface area contributed by atoms with Gasteiger partial charge < -0.3 is 10.6 Å². The smallest absolute Gasteiger partial charge is 0.244 e. The Balaban J connectivity index is 2.53. The van der Waals surface area contributed by atoms with Crippen molar-refractivity contribution in [3.8, 4) is 6.07 Å². The van der Waals surface area contributed by atoms with Gasteiger partial charge in [0.05, 0.1) is 23.4 Å².